The monoisotopic (exact) mass is 299 g/mol. The van der Waals surface area contributed by atoms with E-state index in [4.69, 9.17) is 0 Å². The van der Waals surface area contributed by atoms with Crippen molar-refractivity contribution in [2.75, 3.05) is 5.32 Å². The van der Waals surface area contributed by atoms with Crippen LogP contribution in [0, 0.1) is 0 Å². The van der Waals surface area contributed by atoms with E-state index in [2.05, 4.69) is 5.32 Å². The Balaban J connectivity index is 2.16. The lowest BCUT2D eigenvalue weighted by molar-refractivity contribution is -0.145. The Bertz CT molecular complexity index is 667. The third-order valence-electron chi connectivity index (χ3n) is 3.55. The number of benzene rings is 2. The third kappa shape index (κ3) is 3.44. The molecule has 5 nitrogen and oxygen atoms in total. The maximum Gasteiger partial charge on any atom is 0.314 e. The number of nitrogens with one attached hydrogen (secondary N) is 1. The molecule has 5 heteroatoms. The molecule has 0 fully saturated rings. The highest BCUT2D eigenvalue weighted by molar-refractivity contribution is 5.96. The molecule has 1 amide bonds. The predicted molar refractivity (Wildman–Crippen MR) is 82.8 cm³/mol. The molecule has 0 aliphatic rings. The van der Waals surface area contributed by atoms with Crippen LogP contribution < -0.4 is 5.32 Å². The van der Waals surface area contributed by atoms with Crippen molar-refractivity contribution in [2.24, 2.45) is 0 Å². The van der Waals surface area contributed by atoms with Crippen molar-refractivity contribution in [3.8, 4) is 5.75 Å². The van der Waals surface area contributed by atoms with Gasteiger partial charge in [-0.2, -0.15) is 0 Å². The molecule has 0 aromatic heterocycles. The Labute approximate surface area is 128 Å². The Morgan fingerprint density at radius 3 is 2.18 bits per heavy atom. The summed E-state index contributed by atoms with van der Waals surface area (Å²) in [7, 11) is 0. The van der Waals surface area contributed by atoms with Crippen LogP contribution >= 0.6 is 0 Å². The number of phenols is 1. The zero-order valence-corrected chi connectivity index (χ0v) is 12.1. The van der Waals surface area contributed by atoms with Gasteiger partial charge in [-0.1, -0.05) is 30.3 Å². The van der Waals surface area contributed by atoms with E-state index in [0.29, 0.717) is 11.3 Å². The largest absolute Gasteiger partial charge is 0.508 e. The first-order valence-electron chi connectivity index (χ1n) is 6.79. The lowest BCUT2D eigenvalue weighted by Gasteiger charge is -2.24. The van der Waals surface area contributed by atoms with Gasteiger partial charge in [-0.3, -0.25) is 9.59 Å². The number of rotatable bonds is 5. The molecule has 3 N–H and O–H groups in total. The predicted octanol–water partition coefficient (Wildman–Crippen LogP) is 2.76. The van der Waals surface area contributed by atoms with Gasteiger partial charge in [0.15, 0.2) is 0 Å². The molecular formula is C17H17NO4. The molecule has 114 valence electrons. The van der Waals surface area contributed by atoms with Crippen LogP contribution in [-0.4, -0.2) is 22.1 Å². The van der Waals surface area contributed by atoms with Gasteiger partial charge in [0.25, 0.3) is 0 Å². The van der Waals surface area contributed by atoms with E-state index in [1.54, 1.807) is 42.5 Å². The Kier molecular flexibility index (Phi) is 4.46. The summed E-state index contributed by atoms with van der Waals surface area (Å²) < 4.78 is 0. The van der Waals surface area contributed by atoms with Crippen LogP contribution in [0.1, 0.15) is 18.9 Å². The van der Waals surface area contributed by atoms with Crippen LogP contribution in [0.15, 0.2) is 54.6 Å². The van der Waals surface area contributed by atoms with Gasteiger partial charge in [-0.25, -0.2) is 0 Å². The molecule has 0 saturated carbocycles. The van der Waals surface area contributed by atoms with Gasteiger partial charge in [0, 0.05) is 12.1 Å². The van der Waals surface area contributed by atoms with Gasteiger partial charge in [0.2, 0.25) is 5.91 Å². The number of anilines is 1. The van der Waals surface area contributed by atoms with Crippen molar-refractivity contribution in [3.63, 3.8) is 0 Å². The zero-order chi connectivity index (χ0) is 16.2. The Hall–Kier alpha value is -2.82. The molecule has 0 unspecified atom stereocenters. The fourth-order valence-corrected chi connectivity index (χ4v) is 2.18. The van der Waals surface area contributed by atoms with Crippen LogP contribution in [0.5, 0.6) is 5.75 Å². The molecule has 0 aliphatic heterocycles. The molecule has 2 aromatic rings. The van der Waals surface area contributed by atoms with E-state index < -0.39 is 17.3 Å². The second-order valence-electron chi connectivity index (χ2n) is 5.28. The lowest BCUT2D eigenvalue weighted by atomic mass is 9.79. The first-order chi connectivity index (χ1) is 10.4. The second-order valence-corrected chi connectivity index (χ2v) is 5.28. The molecule has 0 radical (unpaired) electrons. The molecular weight excluding hydrogens is 282 g/mol. The lowest BCUT2D eigenvalue weighted by Crippen LogP contribution is -2.36. The minimum atomic E-state index is -1.30. The van der Waals surface area contributed by atoms with E-state index in [0.717, 1.165) is 0 Å². The van der Waals surface area contributed by atoms with E-state index in [1.807, 2.05) is 0 Å². The van der Waals surface area contributed by atoms with Gasteiger partial charge >= 0.3 is 5.97 Å². The van der Waals surface area contributed by atoms with Crippen molar-refractivity contribution in [1.29, 1.82) is 0 Å². The molecule has 22 heavy (non-hydrogen) atoms. The van der Waals surface area contributed by atoms with Gasteiger partial charge in [-0.15, -0.1) is 0 Å². The average molecular weight is 299 g/mol. The normalized spacial score (nSPS) is 13.1. The van der Waals surface area contributed by atoms with Gasteiger partial charge < -0.3 is 15.5 Å². The Morgan fingerprint density at radius 2 is 1.64 bits per heavy atom. The van der Waals surface area contributed by atoms with Crippen molar-refractivity contribution in [2.45, 2.75) is 18.8 Å². The van der Waals surface area contributed by atoms with Crippen molar-refractivity contribution >= 4 is 17.6 Å². The van der Waals surface area contributed by atoms with Gasteiger partial charge in [0.1, 0.15) is 5.75 Å². The van der Waals surface area contributed by atoms with Crippen LogP contribution in [0.3, 0.4) is 0 Å². The van der Waals surface area contributed by atoms with Crippen LogP contribution in [0.2, 0.25) is 0 Å². The standard InChI is InChI=1S/C17H17NO4/c1-17(16(21)22,12-5-3-2-4-6-12)11-15(20)18-13-7-9-14(19)10-8-13/h2-10,19H,11H2,1H3,(H,18,20)(H,21,22)/t17-/m0/s1. The molecule has 0 spiro atoms. The van der Waals surface area contributed by atoms with Gasteiger partial charge in [-0.05, 0) is 36.8 Å². The zero-order valence-electron chi connectivity index (χ0n) is 12.1. The van der Waals surface area contributed by atoms with Crippen LogP contribution in [-0.2, 0) is 15.0 Å². The van der Waals surface area contributed by atoms with Crippen LogP contribution in [0.4, 0.5) is 5.69 Å². The number of hydrogen-bond acceptors (Lipinski definition) is 3. The highest BCUT2D eigenvalue weighted by atomic mass is 16.4. The summed E-state index contributed by atoms with van der Waals surface area (Å²) >= 11 is 0. The maximum atomic E-state index is 12.2. The second kappa shape index (κ2) is 6.30. The van der Waals surface area contributed by atoms with E-state index in [1.165, 1.54) is 19.1 Å². The number of carbonyl (C=O) groups excluding carboxylic acids is 1. The summed E-state index contributed by atoms with van der Waals surface area (Å²) in [5.74, 6) is -1.36. The fourth-order valence-electron chi connectivity index (χ4n) is 2.18. The highest BCUT2D eigenvalue weighted by Crippen LogP contribution is 2.28. The molecule has 0 aliphatic carbocycles. The number of aromatic hydroxyl groups is 1. The van der Waals surface area contributed by atoms with Crippen LogP contribution in [0.25, 0.3) is 0 Å². The minimum Gasteiger partial charge on any atom is -0.508 e. The first-order valence-corrected chi connectivity index (χ1v) is 6.79. The quantitative estimate of drug-likeness (QED) is 0.741. The average Bonchev–Trinajstić information content (AvgIpc) is 2.50. The molecule has 1 atom stereocenters. The van der Waals surface area contributed by atoms with E-state index in [-0.39, 0.29) is 12.2 Å². The van der Waals surface area contributed by atoms with E-state index >= 15 is 0 Å². The van der Waals surface area contributed by atoms with Crippen molar-refractivity contribution in [3.05, 3.63) is 60.2 Å². The SMILES string of the molecule is C[C@@](CC(=O)Nc1ccc(O)cc1)(C(=O)O)c1ccccc1. The number of carboxylic acids is 1. The van der Waals surface area contributed by atoms with E-state index in [9.17, 15) is 19.8 Å². The third-order valence-corrected chi connectivity index (χ3v) is 3.55. The summed E-state index contributed by atoms with van der Waals surface area (Å²) in [5, 5.41) is 21.4. The number of carboxylic acid groups (broad SMARTS) is 1. The first kappa shape index (κ1) is 15.6. The Morgan fingerprint density at radius 1 is 1.05 bits per heavy atom. The summed E-state index contributed by atoms with van der Waals surface area (Å²) in [6.07, 6.45) is -0.187. The number of phenolic OH excluding ortho intramolecular Hbond substituents is 1. The molecule has 0 saturated heterocycles. The number of amides is 1. The number of aliphatic carboxylic acids is 1. The maximum absolute atomic E-state index is 12.2. The summed E-state index contributed by atoms with van der Waals surface area (Å²) in [6.45, 7) is 1.53. The molecule has 2 aromatic carbocycles. The molecule has 0 heterocycles. The smallest absolute Gasteiger partial charge is 0.314 e. The fraction of sp³-hybridized carbons (Fsp3) is 0.176. The molecule has 0 bridgehead atoms. The van der Waals surface area contributed by atoms with Crippen molar-refractivity contribution in [1.82, 2.24) is 0 Å². The number of carbonyl (C=O) groups is 2. The summed E-state index contributed by atoms with van der Waals surface area (Å²) in [5.41, 5.74) is -0.227. The minimum absolute atomic E-state index is 0.0951. The summed E-state index contributed by atoms with van der Waals surface area (Å²) in [6, 6.07) is 14.7. The topological polar surface area (TPSA) is 86.6 Å². The molecule has 2 rings (SSSR count). The van der Waals surface area contributed by atoms with Gasteiger partial charge in [0.05, 0.1) is 5.41 Å². The highest BCUT2D eigenvalue weighted by Gasteiger charge is 2.37. The van der Waals surface area contributed by atoms with Crippen molar-refractivity contribution < 1.29 is 19.8 Å². The number of hydrogen-bond donors (Lipinski definition) is 3. The summed E-state index contributed by atoms with van der Waals surface area (Å²) in [4.78, 5) is 23.8.